The maximum Gasteiger partial charge on any atom is 0.416 e. The van der Waals surface area contributed by atoms with Crippen LogP contribution in [0, 0.1) is 11.3 Å². The first-order valence-electron chi connectivity index (χ1n) is 7.38. The van der Waals surface area contributed by atoms with E-state index in [-0.39, 0.29) is 0 Å². The topological polar surface area (TPSA) is 67.6 Å². The number of halogens is 10. The molecule has 156 valence electrons. The normalized spacial score (nSPS) is 21.1. The Labute approximate surface area is 172 Å². The zero-order valence-electron chi connectivity index (χ0n) is 13.6. The van der Waals surface area contributed by atoms with Crippen LogP contribution < -0.4 is 5.73 Å². The van der Waals surface area contributed by atoms with Gasteiger partial charge in [0.05, 0.1) is 21.2 Å². The van der Waals surface area contributed by atoms with Crippen molar-refractivity contribution in [1.82, 2.24) is 9.78 Å². The van der Waals surface area contributed by atoms with Crippen LogP contribution in [-0.2, 0) is 11.6 Å². The molecule has 0 spiro atoms. The van der Waals surface area contributed by atoms with Gasteiger partial charge in [-0.05, 0) is 23.7 Å². The molecule has 0 saturated heterocycles. The molecule has 1 fully saturated rings. The third kappa shape index (κ3) is 3.08. The number of hydrogen-bond donors (Lipinski definition) is 1. The molecule has 0 bridgehead atoms. The number of rotatable bonds is 3. The molecule has 1 unspecified atom stereocenters. The number of nitriles is 1. The lowest BCUT2D eigenvalue weighted by atomic mass is 9.94. The van der Waals surface area contributed by atoms with Crippen molar-refractivity contribution in [2.24, 2.45) is 0 Å². The van der Waals surface area contributed by atoms with Crippen molar-refractivity contribution in [1.29, 1.82) is 5.26 Å². The lowest BCUT2D eigenvalue weighted by Crippen LogP contribution is -2.35. The molecule has 1 heterocycles. The number of nitrogens with two attached hydrogens (primary N) is 1. The summed E-state index contributed by atoms with van der Waals surface area (Å²) < 4.78 is 94.8. The smallest absolute Gasteiger partial charge is 0.383 e. The van der Waals surface area contributed by atoms with E-state index in [9.17, 15) is 36.0 Å². The van der Waals surface area contributed by atoms with E-state index < -0.39 is 67.7 Å². The molecule has 3 rings (SSSR count). The summed E-state index contributed by atoms with van der Waals surface area (Å²) in [7, 11) is 0. The van der Waals surface area contributed by atoms with Crippen molar-refractivity contribution in [2.45, 2.75) is 29.3 Å². The summed E-state index contributed by atoms with van der Waals surface area (Å²) in [5, 5.41) is 6.90. The lowest BCUT2D eigenvalue weighted by Gasteiger charge is -2.21. The van der Waals surface area contributed by atoms with Gasteiger partial charge in [-0.1, -0.05) is 23.2 Å². The number of anilines is 1. The van der Waals surface area contributed by atoms with Gasteiger partial charge in [-0.3, -0.25) is 0 Å². The number of nitrogens with zero attached hydrogens (tertiary/aromatic N) is 3. The highest BCUT2D eigenvalue weighted by molar-refractivity contribution is 6.38. The maximum absolute atomic E-state index is 13.9. The molecule has 2 aromatic rings. The number of alkyl halides is 8. The van der Waals surface area contributed by atoms with Gasteiger partial charge >= 0.3 is 11.6 Å². The first-order chi connectivity index (χ1) is 13.1. The molecule has 0 amide bonds. The SMILES string of the molecule is N#Cc1nn(-c2c(Cl)cc(C(F)(F)F)cc2Cl)c(N)c1C1(C(F)(F)Cl)CC1(F)F. The zero-order chi connectivity index (χ0) is 22.2. The predicted octanol–water partition coefficient (Wildman–Crippen LogP) is 5.76. The summed E-state index contributed by atoms with van der Waals surface area (Å²) in [4.78, 5) is 0. The molecular formula is C15H6Cl3F7N4. The Hall–Kier alpha value is -1.90. The Morgan fingerprint density at radius 1 is 1.14 bits per heavy atom. The largest absolute Gasteiger partial charge is 0.416 e. The summed E-state index contributed by atoms with van der Waals surface area (Å²) in [5.74, 6) is -4.90. The van der Waals surface area contributed by atoms with Crippen LogP contribution in [0.2, 0.25) is 10.0 Å². The third-order valence-corrected chi connectivity index (χ3v) is 5.38. The second kappa shape index (κ2) is 6.30. The molecule has 0 radical (unpaired) electrons. The molecule has 0 aliphatic heterocycles. The minimum atomic E-state index is -4.81. The van der Waals surface area contributed by atoms with Crippen LogP contribution in [0.4, 0.5) is 36.6 Å². The highest BCUT2D eigenvalue weighted by Gasteiger charge is 2.84. The summed E-state index contributed by atoms with van der Waals surface area (Å²) in [6, 6.07) is 2.26. The van der Waals surface area contributed by atoms with Gasteiger partial charge in [0, 0.05) is 6.42 Å². The standard InChI is InChI=1S/C15H6Cl3F7N4/c16-6-1-5(14(21,22)23)2-7(17)10(6)29-11(27)9(8(3-26)28-29)12(15(18,24)25)4-13(12,19)20/h1-2H,4,27H2. The quantitative estimate of drug-likeness (QED) is 0.448. The van der Waals surface area contributed by atoms with Crippen molar-refractivity contribution in [3.05, 3.63) is 39.0 Å². The van der Waals surface area contributed by atoms with E-state index in [2.05, 4.69) is 5.10 Å². The van der Waals surface area contributed by atoms with E-state index in [0.29, 0.717) is 16.8 Å². The first kappa shape index (κ1) is 21.8. The van der Waals surface area contributed by atoms with Gasteiger partial charge in [-0.15, -0.1) is 0 Å². The fourth-order valence-corrected chi connectivity index (χ4v) is 3.99. The van der Waals surface area contributed by atoms with E-state index in [1.54, 1.807) is 0 Å². The van der Waals surface area contributed by atoms with Crippen molar-refractivity contribution in [2.75, 3.05) is 5.73 Å². The zero-order valence-corrected chi connectivity index (χ0v) is 15.8. The Morgan fingerprint density at radius 3 is 1.97 bits per heavy atom. The van der Waals surface area contributed by atoms with Crippen molar-refractivity contribution >= 4 is 40.6 Å². The molecule has 1 aromatic heterocycles. The molecule has 1 aliphatic rings. The van der Waals surface area contributed by atoms with Gasteiger partial charge in [0.2, 0.25) is 0 Å². The van der Waals surface area contributed by atoms with Crippen LogP contribution >= 0.6 is 34.8 Å². The van der Waals surface area contributed by atoms with Gasteiger partial charge in [0.25, 0.3) is 5.92 Å². The van der Waals surface area contributed by atoms with Gasteiger partial charge < -0.3 is 5.73 Å². The van der Waals surface area contributed by atoms with Crippen LogP contribution in [0.3, 0.4) is 0 Å². The molecule has 1 aliphatic carbocycles. The molecule has 1 atom stereocenters. The minimum Gasteiger partial charge on any atom is -0.383 e. The van der Waals surface area contributed by atoms with E-state index >= 15 is 0 Å². The number of benzene rings is 1. The Morgan fingerprint density at radius 2 is 1.62 bits per heavy atom. The van der Waals surface area contributed by atoms with E-state index in [1.165, 1.54) is 6.07 Å². The highest BCUT2D eigenvalue weighted by atomic mass is 35.5. The lowest BCUT2D eigenvalue weighted by molar-refractivity contribution is -0.137. The average molecular weight is 482 g/mol. The van der Waals surface area contributed by atoms with E-state index in [0.717, 1.165) is 0 Å². The summed E-state index contributed by atoms with van der Waals surface area (Å²) >= 11 is 16.5. The van der Waals surface area contributed by atoms with Crippen molar-refractivity contribution in [3.63, 3.8) is 0 Å². The average Bonchev–Trinajstić information content (AvgIpc) is 2.99. The van der Waals surface area contributed by atoms with E-state index in [4.69, 9.17) is 40.5 Å². The Balaban J connectivity index is 2.28. The Bertz CT molecular complexity index is 1030. The van der Waals surface area contributed by atoms with Crippen molar-refractivity contribution < 1.29 is 30.7 Å². The van der Waals surface area contributed by atoms with Crippen molar-refractivity contribution in [3.8, 4) is 11.8 Å². The maximum atomic E-state index is 13.9. The van der Waals surface area contributed by atoms with E-state index in [1.807, 2.05) is 0 Å². The molecule has 2 N–H and O–H groups in total. The van der Waals surface area contributed by atoms with Gasteiger partial charge in [0.1, 0.15) is 23.0 Å². The summed E-state index contributed by atoms with van der Waals surface area (Å²) in [5.41, 5.74) is -1.34. The van der Waals surface area contributed by atoms with Crippen LogP contribution in [0.1, 0.15) is 23.2 Å². The number of aromatic nitrogens is 2. The van der Waals surface area contributed by atoms with Gasteiger partial charge in [-0.25, -0.2) is 13.5 Å². The van der Waals surface area contributed by atoms with Crippen LogP contribution in [0.25, 0.3) is 5.69 Å². The molecule has 1 aromatic carbocycles. The number of nitrogen functional groups attached to an aromatic ring is 1. The fraction of sp³-hybridized carbons (Fsp3) is 0.333. The summed E-state index contributed by atoms with van der Waals surface area (Å²) in [6.45, 7) is 0. The van der Waals surface area contributed by atoms with Gasteiger partial charge in [0.15, 0.2) is 5.69 Å². The molecular weight excluding hydrogens is 476 g/mol. The molecule has 14 heteroatoms. The minimum absolute atomic E-state index is 0.452. The second-order valence-corrected chi connectivity index (χ2v) is 7.49. The fourth-order valence-electron chi connectivity index (χ4n) is 3.04. The van der Waals surface area contributed by atoms with Crippen LogP contribution in [-0.4, -0.2) is 21.1 Å². The van der Waals surface area contributed by atoms with Gasteiger partial charge in [-0.2, -0.15) is 32.3 Å². The van der Waals surface area contributed by atoms with Crippen LogP contribution in [0.5, 0.6) is 0 Å². The third-order valence-electron chi connectivity index (χ3n) is 4.48. The first-order valence-corrected chi connectivity index (χ1v) is 8.52. The molecule has 1 saturated carbocycles. The second-order valence-electron chi connectivity index (χ2n) is 6.20. The highest BCUT2D eigenvalue weighted by Crippen LogP contribution is 2.71. The monoisotopic (exact) mass is 480 g/mol. The predicted molar refractivity (Wildman–Crippen MR) is 89.8 cm³/mol. The summed E-state index contributed by atoms with van der Waals surface area (Å²) in [6.07, 6.45) is -6.24. The van der Waals surface area contributed by atoms with Crippen LogP contribution in [0.15, 0.2) is 12.1 Å². The molecule has 29 heavy (non-hydrogen) atoms. The molecule has 4 nitrogen and oxygen atoms in total. The number of hydrogen-bond acceptors (Lipinski definition) is 3. The Kier molecular flexibility index (Phi) is 4.73.